The Kier molecular flexibility index (Phi) is 7.08. The highest BCUT2D eigenvalue weighted by Crippen LogP contribution is 2.71. The molecule has 0 spiro atoms. The first-order valence-corrected chi connectivity index (χ1v) is 16.0. The summed E-state index contributed by atoms with van der Waals surface area (Å²) in [6.45, 7) is 22.2. The molecule has 196 valence electrons. The molecule has 12 unspecified atom stereocenters. The van der Waals surface area contributed by atoms with Crippen molar-refractivity contribution < 1.29 is 0 Å². The summed E-state index contributed by atoms with van der Waals surface area (Å²) in [4.78, 5) is 0. The quantitative estimate of drug-likeness (QED) is 0.386. The van der Waals surface area contributed by atoms with E-state index in [1.54, 1.807) is 32.1 Å². The van der Waals surface area contributed by atoms with Gasteiger partial charge in [0.1, 0.15) is 0 Å². The van der Waals surface area contributed by atoms with Gasteiger partial charge in [0.2, 0.25) is 0 Å². The lowest BCUT2D eigenvalue weighted by Crippen LogP contribution is -2.35. The van der Waals surface area contributed by atoms with E-state index in [0.717, 1.165) is 76.9 Å². The summed E-state index contributed by atoms with van der Waals surface area (Å²) in [5.41, 5.74) is 0.539. The van der Waals surface area contributed by atoms with Crippen molar-refractivity contribution in [3.8, 4) is 0 Å². The predicted octanol–water partition coefficient (Wildman–Crippen LogP) is 9.97. The lowest BCUT2D eigenvalue weighted by atomic mass is 9.65. The van der Waals surface area contributed by atoms with Crippen molar-refractivity contribution in [2.45, 2.75) is 120 Å². The van der Waals surface area contributed by atoms with Crippen LogP contribution in [-0.4, -0.2) is 0 Å². The Hall–Kier alpha value is 0. The molecule has 6 aliphatic rings. The first-order valence-electron chi connectivity index (χ1n) is 16.0. The molecule has 0 amide bonds. The van der Waals surface area contributed by atoms with Gasteiger partial charge >= 0.3 is 0 Å². The van der Waals surface area contributed by atoms with Crippen LogP contribution in [0.4, 0.5) is 0 Å². The summed E-state index contributed by atoms with van der Waals surface area (Å²) in [6, 6.07) is 0. The summed E-state index contributed by atoms with van der Waals surface area (Å²) in [7, 11) is 0. The molecular weight excluding hydrogens is 408 g/mol. The molecule has 0 nitrogen and oxygen atoms in total. The summed E-state index contributed by atoms with van der Waals surface area (Å²) < 4.78 is 0. The second-order valence-electron chi connectivity index (χ2n) is 16.4. The highest BCUT2D eigenvalue weighted by Gasteiger charge is 2.64. The van der Waals surface area contributed by atoms with Gasteiger partial charge < -0.3 is 0 Å². The second kappa shape index (κ2) is 9.39. The van der Waals surface area contributed by atoms with Gasteiger partial charge in [-0.3, -0.25) is 0 Å². The number of hydrogen-bond acceptors (Lipinski definition) is 0. The fourth-order valence-corrected chi connectivity index (χ4v) is 11.9. The molecule has 6 rings (SSSR count). The predicted molar refractivity (Wildman–Crippen MR) is 147 cm³/mol. The number of hydrogen-bond donors (Lipinski definition) is 0. The maximum atomic E-state index is 2.50. The van der Waals surface area contributed by atoms with Gasteiger partial charge in [0, 0.05) is 0 Å². The molecule has 0 saturated heterocycles. The van der Waals surface area contributed by atoms with Crippen LogP contribution in [-0.2, 0) is 0 Å². The van der Waals surface area contributed by atoms with Crippen molar-refractivity contribution in [1.29, 1.82) is 0 Å². The van der Waals surface area contributed by atoms with Crippen LogP contribution in [0.25, 0.3) is 0 Å². The van der Waals surface area contributed by atoms with Gasteiger partial charge in [0.05, 0.1) is 0 Å². The lowest BCUT2D eigenvalue weighted by molar-refractivity contribution is 0.0775. The molecular formula is C34H60. The van der Waals surface area contributed by atoms with Gasteiger partial charge in [-0.2, -0.15) is 0 Å². The standard InChI is InChI=1S/C19H32.C15H28/c1-10(2)14-8-15(11(3)4)19-17-9-16(18(14)19)12-6-5-7-13(12)17;1-10(2)13-9-14(15(3,4)5)12-8-6-7-11(12)13/h10-19H,5-9H2,1-4H3;10-14H,6-9H2,1-5H3. The van der Waals surface area contributed by atoms with E-state index in [1.165, 1.54) is 37.5 Å². The maximum absolute atomic E-state index is 2.50. The Morgan fingerprint density at radius 1 is 0.471 bits per heavy atom. The fourth-order valence-electron chi connectivity index (χ4n) is 11.9. The summed E-state index contributed by atoms with van der Waals surface area (Å²) in [5.74, 6) is 16.0. The topological polar surface area (TPSA) is 0 Å². The zero-order valence-corrected chi connectivity index (χ0v) is 24.5. The van der Waals surface area contributed by atoms with Gasteiger partial charge in [-0.05, 0) is 139 Å². The minimum absolute atomic E-state index is 0.539. The molecule has 0 aromatic heterocycles. The van der Waals surface area contributed by atoms with Crippen LogP contribution in [0.3, 0.4) is 0 Å². The Morgan fingerprint density at radius 2 is 0.912 bits per heavy atom. The van der Waals surface area contributed by atoms with Crippen molar-refractivity contribution in [2.24, 2.45) is 94.2 Å². The average Bonchev–Trinajstić information content (AvgIpc) is 3.54. The van der Waals surface area contributed by atoms with Crippen molar-refractivity contribution in [1.82, 2.24) is 0 Å². The Morgan fingerprint density at radius 3 is 1.35 bits per heavy atom. The molecule has 0 radical (unpaired) electrons. The summed E-state index contributed by atoms with van der Waals surface area (Å²) >= 11 is 0. The van der Waals surface area contributed by atoms with Gasteiger partial charge in [0.25, 0.3) is 0 Å². The van der Waals surface area contributed by atoms with Crippen LogP contribution in [0.5, 0.6) is 0 Å². The van der Waals surface area contributed by atoms with E-state index in [9.17, 15) is 0 Å². The molecule has 0 heterocycles. The van der Waals surface area contributed by atoms with Crippen LogP contribution in [0, 0.1) is 94.2 Å². The first kappa shape index (κ1) is 25.6. The molecule has 0 aromatic rings. The van der Waals surface area contributed by atoms with Crippen molar-refractivity contribution >= 4 is 0 Å². The second-order valence-corrected chi connectivity index (χ2v) is 16.4. The Balaban J connectivity index is 0.000000146. The van der Waals surface area contributed by atoms with Crippen molar-refractivity contribution in [2.75, 3.05) is 0 Å². The molecule has 6 aliphatic carbocycles. The largest absolute Gasteiger partial charge is 0.0625 e. The van der Waals surface area contributed by atoms with E-state index in [0.29, 0.717) is 5.41 Å². The van der Waals surface area contributed by atoms with Gasteiger partial charge in [-0.25, -0.2) is 0 Å². The third kappa shape index (κ3) is 4.16. The van der Waals surface area contributed by atoms with Crippen molar-refractivity contribution in [3.05, 3.63) is 0 Å². The summed E-state index contributed by atoms with van der Waals surface area (Å²) in [6.07, 6.45) is 14.0. The average molecular weight is 469 g/mol. The molecule has 0 aliphatic heterocycles. The molecule has 12 atom stereocenters. The van der Waals surface area contributed by atoms with E-state index >= 15 is 0 Å². The molecule has 6 saturated carbocycles. The molecule has 2 bridgehead atoms. The summed E-state index contributed by atoms with van der Waals surface area (Å²) in [5, 5.41) is 0. The van der Waals surface area contributed by atoms with E-state index in [2.05, 4.69) is 62.3 Å². The van der Waals surface area contributed by atoms with E-state index < -0.39 is 0 Å². The zero-order valence-electron chi connectivity index (χ0n) is 24.5. The van der Waals surface area contributed by atoms with E-state index in [-0.39, 0.29) is 0 Å². The highest BCUT2D eigenvalue weighted by molar-refractivity contribution is 5.13. The molecule has 0 N–H and O–H groups in total. The zero-order chi connectivity index (χ0) is 24.5. The monoisotopic (exact) mass is 468 g/mol. The van der Waals surface area contributed by atoms with E-state index in [4.69, 9.17) is 0 Å². The SMILES string of the molecule is CC(C)C1CC(C(C)(C)C)C2CCCC12.CC(C)C1CC(C(C)C)C2C3CC(C4CCCC43)C12. The number of fused-ring (bicyclic) bond motifs is 9. The molecule has 0 aromatic carbocycles. The minimum Gasteiger partial charge on any atom is -0.0625 e. The van der Waals surface area contributed by atoms with Crippen LogP contribution in [0.2, 0.25) is 0 Å². The first-order chi connectivity index (χ1) is 16.0. The molecule has 0 heteroatoms. The third-order valence-corrected chi connectivity index (χ3v) is 13.1. The molecule has 34 heavy (non-hydrogen) atoms. The lowest BCUT2D eigenvalue weighted by Gasteiger charge is -2.40. The third-order valence-electron chi connectivity index (χ3n) is 13.1. The van der Waals surface area contributed by atoms with Crippen LogP contribution in [0.1, 0.15) is 120 Å². The molecule has 6 fully saturated rings. The van der Waals surface area contributed by atoms with Gasteiger partial charge in [0.15, 0.2) is 0 Å². The van der Waals surface area contributed by atoms with Crippen LogP contribution >= 0.6 is 0 Å². The van der Waals surface area contributed by atoms with E-state index in [1.807, 2.05) is 0 Å². The Labute approximate surface area is 214 Å². The van der Waals surface area contributed by atoms with Gasteiger partial charge in [-0.1, -0.05) is 75.2 Å². The van der Waals surface area contributed by atoms with Gasteiger partial charge in [-0.15, -0.1) is 0 Å². The number of rotatable bonds is 3. The highest BCUT2D eigenvalue weighted by atomic mass is 14.7. The van der Waals surface area contributed by atoms with Crippen LogP contribution in [0.15, 0.2) is 0 Å². The van der Waals surface area contributed by atoms with Crippen molar-refractivity contribution in [3.63, 3.8) is 0 Å². The fraction of sp³-hybridized carbons (Fsp3) is 1.00. The smallest absolute Gasteiger partial charge is 0.0318 e. The maximum Gasteiger partial charge on any atom is -0.0318 e. The minimum atomic E-state index is 0.539. The Bertz CT molecular complexity index is 661. The van der Waals surface area contributed by atoms with Crippen LogP contribution < -0.4 is 0 Å². The normalized spacial score (nSPS) is 49.1.